The van der Waals surface area contributed by atoms with Gasteiger partial charge in [-0.3, -0.25) is 14.2 Å². The van der Waals surface area contributed by atoms with Crippen LogP contribution in [0.3, 0.4) is 0 Å². The lowest BCUT2D eigenvalue weighted by Gasteiger charge is -2.13. The minimum Gasteiger partial charge on any atom is -0.491 e. The molecule has 7 heteroatoms. The molecule has 1 saturated carbocycles. The molecule has 1 aromatic carbocycles. The lowest BCUT2D eigenvalue weighted by atomic mass is 10.1. The largest absolute Gasteiger partial charge is 0.491 e. The van der Waals surface area contributed by atoms with Gasteiger partial charge in [-0.25, -0.2) is 0 Å². The van der Waals surface area contributed by atoms with E-state index in [4.69, 9.17) is 9.47 Å². The van der Waals surface area contributed by atoms with Gasteiger partial charge in [-0.1, -0.05) is 0 Å². The topological polar surface area (TPSA) is 57.5 Å². The molecule has 0 N–H and O–H groups in total. The van der Waals surface area contributed by atoms with Gasteiger partial charge in [0.15, 0.2) is 5.75 Å². The van der Waals surface area contributed by atoms with Gasteiger partial charge >= 0.3 is 5.97 Å². The summed E-state index contributed by atoms with van der Waals surface area (Å²) in [6, 6.07) is 1.83. The lowest BCUT2D eigenvalue weighted by Crippen LogP contribution is -2.05. The van der Waals surface area contributed by atoms with Crippen molar-refractivity contribution in [2.24, 2.45) is 17.8 Å². The average Bonchev–Trinajstić information content (AvgIpc) is 3.11. The molecule has 0 aliphatic heterocycles. The summed E-state index contributed by atoms with van der Waals surface area (Å²) in [4.78, 5) is 23.6. The summed E-state index contributed by atoms with van der Waals surface area (Å²) in [6.07, 6.45) is 5.77. The van der Waals surface area contributed by atoms with Gasteiger partial charge < -0.3 is 9.47 Å². The Balaban J connectivity index is 1.63. The van der Waals surface area contributed by atoms with Crippen molar-refractivity contribution >= 4 is 54.6 Å². The molecular formula is C22H21Br2NO4. The van der Waals surface area contributed by atoms with Crippen LogP contribution in [-0.2, 0) is 4.79 Å². The quantitative estimate of drug-likeness (QED) is 0.389. The van der Waals surface area contributed by atoms with E-state index in [1.165, 1.54) is 24.6 Å². The highest BCUT2D eigenvalue weighted by atomic mass is 79.9. The Morgan fingerprint density at radius 3 is 2.41 bits per heavy atom. The number of fused-ring (bicyclic) bond motifs is 2. The van der Waals surface area contributed by atoms with E-state index in [0.29, 0.717) is 51.2 Å². The predicted molar refractivity (Wildman–Crippen MR) is 117 cm³/mol. The van der Waals surface area contributed by atoms with Crippen LogP contribution in [0.25, 0.3) is 10.9 Å². The van der Waals surface area contributed by atoms with Crippen LogP contribution in [0.5, 0.6) is 11.5 Å². The van der Waals surface area contributed by atoms with Crippen molar-refractivity contribution in [2.75, 3.05) is 6.61 Å². The molecule has 0 amide bonds. The summed E-state index contributed by atoms with van der Waals surface area (Å²) < 4.78 is 14.5. The number of hydrogen-bond acceptors (Lipinski definition) is 4. The minimum atomic E-state index is -0.443. The van der Waals surface area contributed by atoms with Crippen molar-refractivity contribution in [1.29, 1.82) is 0 Å². The highest BCUT2D eigenvalue weighted by Crippen LogP contribution is 2.53. The highest BCUT2D eigenvalue weighted by Gasteiger charge is 2.49. The first kappa shape index (κ1) is 20.5. The number of nitrogens with zero attached hydrogens (tertiary/aromatic N) is 1. The summed E-state index contributed by atoms with van der Waals surface area (Å²) >= 11 is 7.19. The first-order valence-electron chi connectivity index (χ1n) is 9.69. The number of aromatic nitrogens is 1. The highest BCUT2D eigenvalue weighted by molar-refractivity contribution is 9.11. The fourth-order valence-corrected chi connectivity index (χ4v) is 5.87. The van der Waals surface area contributed by atoms with Crippen LogP contribution < -0.4 is 9.47 Å². The summed E-state index contributed by atoms with van der Waals surface area (Å²) in [5.41, 5.74) is 0.644. The first-order chi connectivity index (χ1) is 13.9. The first-order valence-corrected chi connectivity index (χ1v) is 11.3. The van der Waals surface area contributed by atoms with Crippen molar-refractivity contribution < 1.29 is 19.1 Å². The maximum Gasteiger partial charge on any atom is 0.308 e. The Bertz CT molecular complexity index is 1040. The molecule has 0 radical (unpaired) electrons. The van der Waals surface area contributed by atoms with E-state index in [1.807, 2.05) is 6.07 Å². The van der Waals surface area contributed by atoms with E-state index < -0.39 is 5.97 Å². The number of ether oxygens (including phenoxy) is 2. The summed E-state index contributed by atoms with van der Waals surface area (Å²) in [5, 5.41) is 0.642. The van der Waals surface area contributed by atoms with Crippen molar-refractivity contribution in [1.82, 2.24) is 4.57 Å². The van der Waals surface area contributed by atoms with Crippen LogP contribution in [0.4, 0.5) is 0 Å². The SMILES string of the molecule is CC(=O)Oc1cn(C(C)=O)c2cc(Br)c(OCC3[C@H]4CCC#CCC[C@@H]34)c(Br)c12. The van der Waals surface area contributed by atoms with Crippen molar-refractivity contribution in [3.05, 3.63) is 21.2 Å². The van der Waals surface area contributed by atoms with Crippen LogP contribution in [-0.4, -0.2) is 23.1 Å². The molecule has 3 atom stereocenters. The molecular weight excluding hydrogens is 502 g/mol. The zero-order valence-corrected chi connectivity index (χ0v) is 19.4. The van der Waals surface area contributed by atoms with Gasteiger partial charge in [0.2, 0.25) is 5.91 Å². The molecule has 2 aliphatic carbocycles. The molecule has 1 fully saturated rings. The van der Waals surface area contributed by atoms with E-state index in [9.17, 15) is 9.59 Å². The fourth-order valence-electron chi connectivity index (χ4n) is 4.35. The number of hydrogen-bond donors (Lipinski definition) is 0. The van der Waals surface area contributed by atoms with Gasteiger partial charge in [-0.2, -0.15) is 0 Å². The number of carbonyl (C=O) groups excluding carboxylic acids is 2. The number of carbonyl (C=O) groups is 2. The van der Waals surface area contributed by atoms with E-state index in [1.54, 1.807) is 0 Å². The second kappa shape index (κ2) is 8.16. The number of benzene rings is 1. The second-order valence-corrected chi connectivity index (χ2v) is 9.25. The number of halogens is 2. The van der Waals surface area contributed by atoms with Crippen LogP contribution in [0.15, 0.2) is 21.2 Å². The number of esters is 1. The molecule has 5 nitrogen and oxygen atoms in total. The Morgan fingerprint density at radius 1 is 1.17 bits per heavy atom. The molecule has 0 bridgehead atoms. The van der Waals surface area contributed by atoms with Crippen LogP contribution in [0, 0.1) is 29.6 Å². The normalized spacial score (nSPS) is 22.7. The molecule has 2 aromatic rings. The minimum absolute atomic E-state index is 0.169. The van der Waals surface area contributed by atoms with Crippen molar-refractivity contribution in [2.45, 2.75) is 39.5 Å². The molecule has 2 aliphatic rings. The van der Waals surface area contributed by atoms with Crippen molar-refractivity contribution in [3.8, 4) is 23.3 Å². The van der Waals surface area contributed by atoms with E-state index >= 15 is 0 Å². The van der Waals surface area contributed by atoms with Gasteiger partial charge in [-0.05, 0) is 68.5 Å². The van der Waals surface area contributed by atoms with E-state index in [0.717, 1.165) is 30.2 Å². The third-order valence-electron chi connectivity index (χ3n) is 5.76. The summed E-state index contributed by atoms with van der Waals surface area (Å²) in [7, 11) is 0. The maximum absolute atomic E-state index is 12.0. The third-order valence-corrected chi connectivity index (χ3v) is 7.11. The molecule has 1 heterocycles. The maximum atomic E-state index is 12.0. The molecule has 1 aromatic heterocycles. The smallest absolute Gasteiger partial charge is 0.308 e. The molecule has 152 valence electrons. The molecule has 29 heavy (non-hydrogen) atoms. The van der Waals surface area contributed by atoms with Crippen LogP contribution >= 0.6 is 31.9 Å². The Morgan fingerprint density at radius 2 is 1.83 bits per heavy atom. The second-order valence-electron chi connectivity index (χ2n) is 7.61. The molecule has 4 rings (SSSR count). The molecule has 0 saturated heterocycles. The zero-order chi connectivity index (χ0) is 20.7. The van der Waals surface area contributed by atoms with Gasteiger partial charge in [0.25, 0.3) is 0 Å². The Kier molecular flexibility index (Phi) is 5.76. The predicted octanol–water partition coefficient (Wildman–Crippen LogP) is 5.57. The molecule has 1 unspecified atom stereocenters. The van der Waals surface area contributed by atoms with Crippen LogP contribution in [0.1, 0.15) is 44.3 Å². The van der Waals surface area contributed by atoms with Gasteiger partial charge in [-0.15, -0.1) is 11.8 Å². The van der Waals surface area contributed by atoms with E-state index in [-0.39, 0.29) is 5.91 Å². The standard InChI is InChI=1S/C22H21Br2NO4/c1-12(26)25-10-19(29-13(2)27)20-18(25)9-17(23)22(21(20)24)28-11-16-14-7-5-3-4-6-8-15(14)16/h9-10,14-16H,5-8,11H2,1-2H3/t14-,15+,16?. The lowest BCUT2D eigenvalue weighted by molar-refractivity contribution is -0.131. The fraction of sp³-hybridized carbons (Fsp3) is 0.455. The van der Waals surface area contributed by atoms with Gasteiger partial charge in [0.05, 0.1) is 32.7 Å². The van der Waals surface area contributed by atoms with Crippen LogP contribution in [0.2, 0.25) is 0 Å². The summed E-state index contributed by atoms with van der Waals surface area (Å²) in [5.74, 6) is 8.77. The monoisotopic (exact) mass is 521 g/mol. The van der Waals surface area contributed by atoms with Gasteiger partial charge in [0, 0.05) is 26.7 Å². The number of rotatable bonds is 4. The Labute approximate surface area is 186 Å². The molecule has 0 spiro atoms. The Hall–Kier alpha value is -1.78. The third kappa shape index (κ3) is 3.97. The zero-order valence-electron chi connectivity index (χ0n) is 16.3. The average molecular weight is 523 g/mol. The van der Waals surface area contributed by atoms with E-state index in [2.05, 4.69) is 43.7 Å². The van der Waals surface area contributed by atoms with Gasteiger partial charge in [0.1, 0.15) is 5.75 Å². The van der Waals surface area contributed by atoms with Crippen molar-refractivity contribution in [3.63, 3.8) is 0 Å². The summed E-state index contributed by atoms with van der Waals surface area (Å²) in [6.45, 7) is 3.44.